The number of carbonyl (C=O) groups is 1. The Kier molecular flexibility index (Phi) is 4.98. The molecular weight excluding hydrogens is 322 g/mol. The predicted octanol–water partition coefficient (Wildman–Crippen LogP) is 1.28. The molecule has 1 saturated heterocycles. The van der Waals surface area contributed by atoms with Gasteiger partial charge in [0, 0.05) is 13.1 Å². The molecule has 1 aromatic heterocycles. The highest BCUT2D eigenvalue weighted by molar-refractivity contribution is 5.76. The first-order valence-corrected chi connectivity index (χ1v) is 8.31. The van der Waals surface area contributed by atoms with Crippen LogP contribution >= 0.6 is 0 Å². The highest BCUT2D eigenvalue weighted by atomic mass is 16.5. The van der Waals surface area contributed by atoms with Crippen molar-refractivity contribution in [2.75, 3.05) is 13.1 Å². The summed E-state index contributed by atoms with van der Waals surface area (Å²) in [6.07, 6.45) is 0.00578. The molecular formula is C17H23N5O3. The van der Waals surface area contributed by atoms with E-state index >= 15 is 0 Å². The van der Waals surface area contributed by atoms with E-state index in [9.17, 15) is 4.79 Å². The Labute approximate surface area is 146 Å². The summed E-state index contributed by atoms with van der Waals surface area (Å²) >= 11 is 0. The van der Waals surface area contributed by atoms with E-state index in [4.69, 9.17) is 9.47 Å². The zero-order valence-corrected chi connectivity index (χ0v) is 14.8. The van der Waals surface area contributed by atoms with Gasteiger partial charge in [-0.2, -0.15) is 4.80 Å². The molecule has 0 spiro atoms. The van der Waals surface area contributed by atoms with Crippen molar-refractivity contribution in [2.45, 2.75) is 45.6 Å². The van der Waals surface area contributed by atoms with E-state index in [1.54, 1.807) is 4.90 Å². The molecule has 0 aliphatic carbocycles. The second-order valence-corrected chi connectivity index (χ2v) is 6.80. The number of aromatic nitrogens is 4. The lowest BCUT2D eigenvalue weighted by atomic mass is 10.1. The van der Waals surface area contributed by atoms with E-state index < -0.39 is 0 Å². The van der Waals surface area contributed by atoms with Gasteiger partial charge in [-0.15, -0.1) is 10.2 Å². The second kappa shape index (κ2) is 7.18. The van der Waals surface area contributed by atoms with Crippen LogP contribution in [0.5, 0.6) is 5.75 Å². The molecule has 0 bridgehead atoms. The van der Waals surface area contributed by atoms with Gasteiger partial charge in [0.15, 0.2) is 6.61 Å². The summed E-state index contributed by atoms with van der Waals surface area (Å²) in [5.74, 6) is 1.13. The average Bonchev–Trinajstić information content (AvgIpc) is 2.99. The lowest BCUT2D eigenvalue weighted by molar-refractivity contribution is -0.159. The number of rotatable bonds is 5. The largest absolute Gasteiger partial charge is 0.485 e. The summed E-state index contributed by atoms with van der Waals surface area (Å²) in [5.41, 5.74) is -0.349. The van der Waals surface area contributed by atoms with Gasteiger partial charge in [0.2, 0.25) is 11.7 Å². The Bertz CT molecular complexity index is 716. The van der Waals surface area contributed by atoms with Crippen molar-refractivity contribution in [2.24, 2.45) is 0 Å². The third kappa shape index (κ3) is 4.76. The monoisotopic (exact) mass is 345 g/mol. The fraction of sp³-hybridized carbons (Fsp3) is 0.529. The van der Waals surface area contributed by atoms with E-state index in [2.05, 4.69) is 15.4 Å². The van der Waals surface area contributed by atoms with Crippen LogP contribution in [0.25, 0.3) is 0 Å². The van der Waals surface area contributed by atoms with Crippen molar-refractivity contribution in [1.29, 1.82) is 0 Å². The number of benzene rings is 1. The van der Waals surface area contributed by atoms with Crippen LogP contribution in [-0.2, 0) is 22.7 Å². The number of ether oxygens (including phenoxy) is 2. The Morgan fingerprint density at radius 2 is 2.12 bits per heavy atom. The fourth-order valence-corrected chi connectivity index (χ4v) is 2.93. The lowest BCUT2D eigenvalue weighted by Gasteiger charge is -2.41. The third-order valence-electron chi connectivity index (χ3n) is 3.80. The van der Waals surface area contributed by atoms with Crippen molar-refractivity contribution >= 4 is 5.91 Å². The number of morpholine rings is 1. The van der Waals surface area contributed by atoms with E-state index in [-0.39, 0.29) is 30.8 Å². The standard InChI is InChI=1S/C17H23N5O3/c1-13-9-21(12-17(2,3)25-13)16(23)10-22-19-15(18-20-22)11-24-14-7-5-4-6-8-14/h4-8,13H,9-12H2,1-3H3/t13-/m1/s1. The van der Waals surface area contributed by atoms with Gasteiger partial charge in [0.1, 0.15) is 12.3 Å². The highest BCUT2D eigenvalue weighted by Crippen LogP contribution is 2.20. The van der Waals surface area contributed by atoms with Crippen molar-refractivity contribution in [1.82, 2.24) is 25.1 Å². The van der Waals surface area contributed by atoms with Gasteiger partial charge in [-0.1, -0.05) is 18.2 Å². The van der Waals surface area contributed by atoms with Crippen molar-refractivity contribution < 1.29 is 14.3 Å². The molecule has 1 aliphatic heterocycles. The highest BCUT2D eigenvalue weighted by Gasteiger charge is 2.33. The van der Waals surface area contributed by atoms with Crippen LogP contribution in [0.2, 0.25) is 0 Å². The fourth-order valence-electron chi connectivity index (χ4n) is 2.93. The topological polar surface area (TPSA) is 82.4 Å². The number of hydrogen-bond donors (Lipinski definition) is 0. The molecule has 1 fully saturated rings. The third-order valence-corrected chi connectivity index (χ3v) is 3.80. The van der Waals surface area contributed by atoms with Crippen molar-refractivity contribution in [3.63, 3.8) is 0 Å². The molecule has 0 N–H and O–H groups in total. The molecule has 0 unspecified atom stereocenters. The van der Waals surface area contributed by atoms with Crippen LogP contribution in [0.3, 0.4) is 0 Å². The quantitative estimate of drug-likeness (QED) is 0.812. The van der Waals surface area contributed by atoms with Gasteiger partial charge in [-0.05, 0) is 38.1 Å². The maximum Gasteiger partial charge on any atom is 0.246 e. The predicted molar refractivity (Wildman–Crippen MR) is 89.8 cm³/mol. The van der Waals surface area contributed by atoms with Gasteiger partial charge >= 0.3 is 0 Å². The van der Waals surface area contributed by atoms with E-state index in [1.807, 2.05) is 51.1 Å². The minimum absolute atomic E-state index is 0.00578. The lowest BCUT2D eigenvalue weighted by Crippen LogP contribution is -2.54. The Morgan fingerprint density at radius 1 is 1.36 bits per heavy atom. The molecule has 3 rings (SSSR count). The number of amides is 1. The number of para-hydroxylation sites is 1. The maximum atomic E-state index is 12.5. The minimum atomic E-state index is -0.349. The van der Waals surface area contributed by atoms with E-state index in [0.717, 1.165) is 5.75 Å². The molecule has 1 amide bonds. The molecule has 134 valence electrons. The first-order chi connectivity index (χ1) is 11.9. The molecule has 8 nitrogen and oxygen atoms in total. The van der Waals surface area contributed by atoms with Gasteiger partial charge in [-0.25, -0.2) is 0 Å². The molecule has 25 heavy (non-hydrogen) atoms. The smallest absolute Gasteiger partial charge is 0.246 e. The van der Waals surface area contributed by atoms with E-state index in [0.29, 0.717) is 18.9 Å². The van der Waals surface area contributed by atoms with Crippen LogP contribution in [0.1, 0.15) is 26.6 Å². The molecule has 8 heteroatoms. The molecule has 1 aromatic carbocycles. The molecule has 2 heterocycles. The second-order valence-electron chi connectivity index (χ2n) is 6.80. The number of carbonyl (C=O) groups excluding carboxylic acids is 1. The van der Waals surface area contributed by atoms with Crippen LogP contribution in [0, 0.1) is 0 Å². The minimum Gasteiger partial charge on any atom is -0.485 e. The Morgan fingerprint density at radius 3 is 2.84 bits per heavy atom. The molecule has 0 saturated carbocycles. The SMILES string of the molecule is C[C@@H]1CN(C(=O)Cn2nnc(COc3ccccc3)n2)CC(C)(C)O1. The zero-order valence-electron chi connectivity index (χ0n) is 14.8. The van der Waals surface area contributed by atoms with Crippen molar-refractivity contribution in [3.8, 4) is 5.75 Å². The normalized spacial score (nSPS) is 19.6. The summed E-state index contributed by atoms with van der Waals surface area (Å²) in [7, 11) is 0. The zero-order chi connectivity index (χ0) is 17.9. The molecule has 0 radical (unpaired) electrons. The van der Waals surface area contributed by atoms with Crippen LogP contribution in [0.15, 0.2) is 30.3 Å². The van der Waals surface area contributed by atoms with E-state index in [1.165, 1.54) is 4.80 Å². The average molecular weight is 345 g/mol. The van der Waals surface area contributed by atoms with Crippen LogP contribution in [0.4, 0.5) is 0 Å². The maximum absolute atomic E-state index is 12.5. The molecule has 1 aliphatic rings. The van der Waals surface area contributed by atoms with Crippen molar-refractivity contribution in [3.05, 3.63) is 36.2 Å². The van der Waals surface area contributed by atoms with Gasteiger partial charge in [0.25, 0.3) is 0 Å². The summed E-state index contributed by atoms with van der Waals surface area (Å²) in [5, 5.41) is 12.1. The number of tetrazole rings is 1. The molecule has 2 aromatic rings. The molecule has 1 atom stereocenters. The first-order valence-electron chi connectivity index (χ1n) is 8.31. The number of hydrogen-bond acceptors (Lipinski definition) is 6. The first kappa shape index (κ1) is 17.3. The Hall–Kier alpha value is -2.48. The number of nitrogens with zero attached hydrogens (tertiary/aromatic N) is 5. The summed E-state index contributed by atoms with van der Waals surface area (Å²) in [6, 6.07) is 9.41. The van der Waals surface area contributed by atoms with Gasteiger partial charge < -0.3 is 14.4 Å². The van der Waals surface area contributed by atoms with Crippen LogP contribution < -0.4 is 4.74 Å². The van der Waals surface area contributed by atoms with Gasteiger partial charge in [0.05, 0.1) is 11.7 Å². The summed E-state index contributed by atoms with van der Waals surface area (Å²) in [4.78, 5) is 15.6. The Balaban J connectivity index is 1.55. The van der Waals surface area contributed by atoms with Crippen LogP contribution in [-0.4, -0.2) is 55.8 Å². The van der Waals surface area contributed by atoms with Gasteiger partial charge in [-0.3, -0.25) is 4.79 Å². The summed E-state index contributed by atoms with van der Waals surface area (Å²) < 4.78 is 11.4. The summed E-state index contributed by atoms with van der Waals surface area (Å²) in [6.45, 7) is 7.32.